The lowest BCUT2D eigenvalue weighted by Crippen LogP contribution is -2.22. The number of carboxylic acids is 1. The van der Waals surface area contributed by atoms with Gasteiger partial charge in [-0.3, -0.25) is 4.79 Å². The number of aliphatic hydroxyl groups is 1. The smallest absolute Gasteiger partial charge is 0.309 e. The van der Waals surface area contributed by atoms with Crippen molar-refractivity contribution in [3.05, 3.63) is 33.3 Å². The van der Waals surface area contributed by atoms with Crippen LogP contribution in [0.4, 0.5) is 0 Å². The minimum atomic E-state index is -1.07. The molecule has 0 aromatic heterocycles. The summed E-state index contributed by atoms with van der Waals surface area (Å²) in [6.45, 7) is 1.98. The van der Waals surface area contributed by atoms with E-state index in [1.165, 1.54) is 0 Å². The SMILES string of the molecule is CCCCC(C(=O)O)C(O)c1ccc(Br)cc1Cl. The lowest BCUT2D eigenvalue weighted by Gasteiger charge is -2.20. The van der Waals surface area contributed by atoms with E-state index in [1.54, 1.807) is 18.2 Å². The van der Waals surface area contributed by atoms with Crippen LogP contribution < -0.4 is 0 Å². The van der Waals surface area contributed by atoms with Gasteiger partial charge in [-0.25, -0.2) is 0 Å². The van der Waals surface area contributed by atoms with Gasteiger partial charge in [0.25, 0.3) is 0 Å². The van der Waals surface area contributed by atoms with E-state index in [0.717, 1.165) is 17.3 Å². The average Bonchev–Trinajstić information content (AvgIpc) is 2.28. The summed E-state index contributed by atoms with van der Waals surface area (Å²) >= 11 is 9.30. The Kier molecular flexibility index (Phi) is 6.12. The number of rotatable bonds is 6. The van der Waals surface area contributed by atoms with Crippen molar-refractivity contribution < 1.29 is 15.0 Å². The molecule has 0 bridgehead atoms. The zero-order chi connectivity index (χ0) is 13.7. The van der Waals surface area contributed by atoms with Crippen molar-refractivity contribution in [2.75, 3.05) is 0 Å². The van der Waals surface area contributed by atoms with Crippen LogP contribution in [-0.4, -0.2) is 16.2 Å². The summed E-state index contributed by atoms with van der Waals surface area (Å²) in [5, 5.41) is 19.7. The Balaban J connectivity index is 2.94. The number of unbranched alkanes of at least 4 members (excludes halogenated alkanes) is 1. The Bertz CT molecular complexity index is 423. The molecule has 0 aliphatic rings. The monoisotopic (exact) mass is 334 g/mol. The number of carbonyl (C=O) groups is 1. The van der Waals surface area contributed by atoms with Crippen molar-refractivity contribution in [3.8, 4) is 0 Å². The lowest BCUT2D eigenvalue weighted by atomic mass is 9.91. The molecule has 2 atom stereocenters. The van der Waals surface area contributed by atoms with Gasteiger partial charge in [0.1, 0.15) is 0 Å². The van der Waals surface area contributed by atoms with Crippen LogP contribution in [-0.2, 0) is 4.79 Å². The minimum absolute atomic E-state index is 0.375. The molecule has 2 unspecified atom stereocenters. The quantitative estimate of drug-likeness (QED) is 0.825. The fraction of sp³-hybridized carbons (Fsp3) is 0.462. The van der Waals surface area contributed by atoms with Gasteiger partial charge in [-0.2, -0.15) is 0 Å². The van der Waals surface area contributed by atoms with Gasteiger partial charge in [-0.1, -0.05) is 53.4 Å². The Morgan fingerprint density at radius 2 is 2.17 bits per heavy atom. The summed E-state index contributed by atoms with van der Waals surface area (Å²) < 4.78 is 0.795. The predicted molar refractivity (Wildman–Crippen MR) is 74.8 cm³/mol. The van der Waals surface area contributed by atoms with E-state index in [4.69, 9.17) is 16.7 Å². The van der Waals surface area contributed by atoms with Gasteiger partial charge < -0.3 is 10.2 Å². The van der Waals surface area contributed by atoms with Crippen molar-refractivity contribution in [1.29, 1.82) is 0 Å². The van der Waals surface area contributed by atoms with E-state index in [1.807, 2.05) is 6.92 Å². The molecule has 0 fully saturated rings. The zero-order valence-corrected chi connectivity index (χ0v) is 12.4. The van der Waals surface area contributed by atoms with E-state index in [9.17, 15) is 9.90 Å². The van der Waals surface area contributed by atoms with Crippen molar-refractivity contribution in [2.45, 2.75) is 32.3 Å². The van der Waals surface area contributed by atoms with Crippen LogP contribution in [0, 0.1) is 5.92 Å². The molecular weight excluding hydrogens is 319 g/mol. The maximum absolute atomic E-state index is 11.2. The third kappa shape index (κ3) is 3.97. The number of carboxylic acid groups (broad SMARTS) is 1. The summed E-state index contributed by atoms with van der Waals surface area (Å²) in [5.74, 6) is -1.81. The second-order valence-corrected chi connectivity index (χ2v) is 5.52. The van der Waals surface area contributed by atoms with Crippen LogP contribution >= 0.6 is 27.5 Å². The molecule has 1 aromatic rings. The van der Waals surface area contributed by atoms with Gasteiger partial charge in [0.05, 0.1) is 12.0 Å². The van der Waals surface area contributed by atoms with Gasteiger partial charge in [-0.15, -0.1) is 0 Å². The molecule has 0 aliphatic heterocycles. The van der Waals surface area contributed by atoms with Gasteiger partial charge in [0.15, 0.2) is 0 Å². The second-order valence-electron chi connectivity index (χ2n) is 4.20. The normalized spacial score (nSPS) is 14.2. The molecule has 3 nitrogen and oxygen atoms in total. The number of hydrogen-bond acceptors (Lipinski definition) is 2. The van der Waals surface area contributed by atoms with Crippen molar-refractivity contribution >= 4 is 33.5 Å². The largest absolute Gasteiger partial charge is 0.481 e. The molecule has 100 valence electrons. The van der Waals surface area contributed by atoms with Crippen molar-refractivity contribution in [3.63, 3.8) is 0 Å². The summed E-state index contributed by atoms with van der Waals surface area (Å²) in [4.78, 5) is 11.2. The molecule has 0 radical (unpaired) electrons. The Morgan fingerprint density at radius 3 is 2.67 bits per heavy atom. The topological polar surface area (TPSA) is 57.5 Å². The van der Waals surface area contributed by atoms with E-state index < -0.39 is 18.0 Å². The third-order valence-electron chi connectivity index (χ3n) is 2.85. The van der Waals surface area contributed by atoms with E-state index >= 15 is 0 Å². The number of aliphatic hydroxyl groups excluding tert-OH is 1. The van der Waals surface area contributed by atoms with Crippen molar-refractivity contribution in [1.82, 2.24) is 0 Å². The number of aliphatic carboxylic acids is 1. The Hall–Kier alpha value is -0.580. The highest BCUT2D eigenvalue weighted by Gasteiger charge is 2.28. The minimum Gasteiger partial charge on any atom is -0.481 e. The summed E-state index contributed by atoms with van der Waals surface area (Å²) in [5.41, 5.74) is 0.461. The maximum Gasteiger partial charge on any atom is 0.309 e. The molecule has 0 spiro atoms. The van der Waals surface area contributed by atoms with Crippen LogP contribution in [0.2, 0.25) is 5.02 Å². The van der Waals surface area contributed by atoms with Gasteiger partial charge >= 0.3 is 5.97 Å². The number of halogens is 2. The molecule has 0 saturated heterocycles. The van der Waals surface area contributed by atoms with Crippen LogP contribution in [0.25, 0.3) is 0 Å². The zero-order valence-electron chi connectivity index (χ0n) is 10.1. The first-order chi connectivity index (χ1) is 8.47. The molecule has 0 heterocycles. The average molecular weight is 336 g/mol. The first-order valence-electron chi connectivity index (χ1n) is 5.83. The fourth-order valence-electron chi connectivity index (χ4n) is 1.80. The van der Waals surface area contributed by atoms with E-state index in [-0.39, 0.29) is 0 Å². The molecule has 0 saturated carbocycles. The highest BCUT2D eigenvalue weighted by atomic mass is 79.9. The highest BCUT2D eigenvalue weighted by molar-refractivity contribution is 9.10. The fourth-order valence-corrected chi connectivity index (χ4v) is 2.58. The number of hydrogen-bond donors (Lipinski definition) is 2. The first-order valence-corrected chi connectivity index (χ1v) is 7.00. The van der Waals surface area contributed by atoms with Gasteiger partial charge in [0, 0.05) is 15.1 Å². The first kappa shape index (κ1) is 15.5. The third-order valence-corrected chi connectivity index (χ3v) is 3.67. The molecule has 0 aliphatic carbocycles. The molecule has 0 amide bonds. The van der Waals surface area contributed by atoms with Crippen LogP contribution in [0.15, 0.2) is 22.7 Å². The van der Waals surface area contributed by atoms with Crippen molar-refractivity contribution in [2.24, 2.45) is 5.92 Å². The molecule has 2 N–H and O–H groups in total. The molecule has 1 rings (SSSR count). The molecular formula is C13H16BrClO3. The summed E-state index contributed by atoms with van der Waals surface area (Å²) in [6.07, 6.45) is 1.03. The standard InChI is InChI=1S/C13H16BrClO3/c1-2-3-4-10(13(17)18)12(16)9-6-5-8(14)7-11(9)15/h5-7,10,12,16H,2-4H2,1H3,(H,17,18). The maximum atomic E-state index is 11.2. The van der Waals surface area contributed by atoms with Crippen LogP contribution in [0.3, 0.4) is 0 Å². The summed E-state index contributed by atoms with van der Waals surface area (Å²) in [7, 11) is 0. The molecule has 18 heavy (non-hydrogen) atoms. The van der Waals surface area contributed by atoms with Crippen LogP contribution in [0.1, 0.15) is 37.9 Å². The second kappa shape index (κ2) is 7.12. The predicted octanol–water partition coefficient (Wildman–Crippen LogP) is 4.03. The number of benzene rings is 1. The Morgan fingerprint density at radius 1 is 1.50 bits per heavy atom. The lowest BCUT2D eigenvalue weighted by molar-refractivity contribution is -0.146. The van der Waals surface area contributed by atoms with Gasteiger partial charge in [0.2, 0.25) is 0 Å². The highest BCUT2D eigenvalue weighted by Crippen LogP contribution is 2.33. The van der Waals surface area contributed by atoms with Crippen LogP contribution in [0.5, 0.6) is 0 Å². The van der Waals surface area contributed by atoms with Gasteiger partial charge in [-0.05, 0) is 18.6 Å². The molecule has 1 aromatic carbocycles. The molecule has 5 heteroatoms. The van der Waals surface area contributed by atoms with E-state index in [2.05, 4.69) is 15.9 Å². The van der Waals surface area contributed by atoms with E-state index in [0.29, 0.717) is 17.0 Å². The summed E-state index contributed by atoms with van der Waals surface area (Å²) in [6, 6.07) is 5.04. The Labute approximate surface area is 120 Å².